The van der Waals surface area contributed by atoms with Gasteiger partial charge in [-0.15, -0.1) is 0 Å². The number of ether oxygens (including phenoxy) is 1. The molecule has 3 heteroatoms. The van der Waals surface area contributed by atoms with Crippen LogP contribution in [0.1, 0.15) is 24.5 Å². The van der Waals surface area contributed by atoms with Crippen LogP contribution in [0.25, 0.3) is 0 Å². The Kier molecular flexibility index (Phi) is 4.25. The van der Waals surface area contributed by atoms with Crippen LogP contribution in [0.15, 0.2) is 18.2 Å². The van der Waals surface area contributed by atoms with Crippen LogP contribution < -0.4 is 10.6 Å². The van der Waals surface area contributed by atoms with E-state index in [1.807, 2.05) is 7.11 Å². The maximum absolute atomic E-state index is 5.84. The molecule has 2 rings (SSSR count). The number of benzene rings is 1. The summed E-state index contributed by atoms with van der Waals surface area (Å²) in [5, 5.41) is 0. The molecular weight excluding hydrogens is 224 g/mol. The molecule has 1 saturated heterocycles. The average Bonchev–Trinajstić information content (AvgIpc) is 2.39. The molecule has 1 aromatic rings. The van der Waals surface area contributed by atoms with Crippen LogP contribution in [-0.2, 0) is 11.3 Å². The molecule has 1 aliphatic heterocycles. The minimum absolute atomic E-state index is 0.324. The fourth-order valence-electron chi connectivity index (χ4n) is 2.70. The third kappa shape index (κ3) is 2.68. The summed E-state index contributed by atoms with van der Waals surface area (Å²) in [4.78, 5) is 2.42. The first kappa shape index (κ1) is 13.4. The maximum Gasteiger partial charge on any atom is 0.0772 e. The standard InChI is InChI=1S/C15H24N2O/c1-11-4-5-13(9-16)14(8-11)17-7-6-12(2)15(10-17)18-3/h4-5,8,12,15H,6-7,9-10,16H2,1-3H3. The van der Waals surface area contributed by atoms with E-state index >= 15 is 0 Å². The Balaban J connectivity index is 2.23. The van der Waals surface area contributed by atoms with Gasteiger partial charge >= 0.3 is 0 Å². The van der Waals surface area contributed by atoms with E-state index in [1.165, 1.54) is 23.2 Å². The lowest BCUT2D eigenvalue weighted by Crippen LogP contribution is -2.44. The summed E-state index contributed by atoms with van der Waals surface area (Å²) in [6.45, 7) is 7.06. The van der Waals surface area contributed by atoms with E-state index in [0.717, 1.165) is 13.1 Å². The van der Waals surface area contributed by atoms with E-state index in [2.05, 4.69) is 36.9 Å². The molecule has 1 fully saturated rings. The van der Waals surface area contributed by atoms with Gasteiger partial charge in [0, 0.05) is 32.4 Å². The zero-order valence-corrected chi connectivity index (χ0v) is 11.6. The summed E-state index contributed by atoms with van der Waals surface area (Å²) in [6.07, 6.45) is 1.50. The highest BCUT2D eigenvalue weighted by Crippen LogP contribution is 2.28. The molecule has 100 valence electrons. The normalized spacial score (nSPS) is 24.3. The summed E-state index contributed by atoms with van der Waals surface area (Å²) < 4.78 is 5.59. The number of hydrogen-bond donors (Lipinski definition) is 1. The molecule has 0 aromatic heterocycles. The number of nitrogens with two attached hydrogens (primary N) is 1. The topological polar surface area (TPSA) is 38.5 Å². The molecule has 0 saturated carbocycles. The van der Waals surface area contributed by atoms with Crippen molar-refractivity contribution in [2.24, 2.45) is 11.7 Å². The lowest BCUT2D eigenvalue weighted by Gasteiger charge is -2.38. The number of piperidine rings is 1. The number of hydrogen-bond acceptors (Lipinski definition) is 3. The van der Waals surface area contributed by atoms with Gasteiger partial charge in [0.05, 0.1) is 6.10 Å². The molecule has 0 radical (unpaired) electrons. The second kappa shape index (κ2) is 5.72. The van der Waals surface area contributed by atoms with Crippen LogP contribution in [0.4, 0.5) is 5.69 Å². The average molecular weight is 248 g/mol. The molecule has 1 heterocycles. The Morgan fingerprint density at radius 3 is 2.89 bits per heavy atom. The highest BCUT2D eigenvalue weighted by atomic mass is 16.5. The van der Waals surface area contributed by atoms with Crippen molar-refractivity contribution in [3.05, 3.63) is 29.3 Å². The van der Waals surface area contributed by atoms with Gasteiger partial charge in [-0.1, -0.05) is 19.1 Å². The number of methoxy groups -OCH3 is 1. The lowest BCUT2D eigenvalue weighted by molar-refractivity contribution is 0.0498. The van der Waals surface area contributed by atoms with Gasteiger partial charge in [-0.25, -0.2) is 0 Å². The molecule has 1 aromatic carbocycles. The Morgan fingerprint density at radius 2 is 2.22 bits per heavy atom. The Bertz CT molecular complexity index is 405. The Morgan fingerprint density at radius 1 is 1.44 bits per heavy atom. The molecule has 0 aliphatic carbocycles. The SMILES string of the molecule is COC1CN(c2cc(C)ccc2CN)CCC1C. The van der Waals surface area contributed by atoms with Crippen LogP contribution in [0.5, 0.6) is 0 Å². The molecule has 3 nitrogen and oxygen atoms in total. The van der Waals surface area contributed by atoms with E-state index in [9.17, 15) is 0 Å². The van der Waals surface area contributed by atoms with Crippen LogP contribution in [-0.4, -0.2) is 26.3 Å². The molecule has 1 aliphatic rings. The van der Waals surface area contributed by atoms with Crippen LogP contribution in [0.3, 0.4) is 0 Å². The van der Waals surface area contributed by atoms with Crippen molar-refractivity contribution < 1.29 is 4.74 Å². The molecule has 0 bridgehead atoms. The molecule has 0 amide bonds. The van der Waals surface area contributed by atoms with Gasteiger partial charge in [0.1, 0.15) is 0 Å². The van der Waals surface area contributed by atoms with E-state index < -0.39 is 0 Å². The van der Waals surface area contributed by atoms with Crippen LogP contribution in [0.2, 0.25) is 0 Å². The number of rotatable bonds is 3. The van der Waals surface area contributed by atoms with Gasteiger partial charge in [-0.2, -0.15) is 0 Å². The van der Waals surface area contributed by atoms with Crippen LogP contribution >= 0.6 is 0 Å². The van der Waals surface area contributed by atoms with Crippen molar-refractivity contribution >= 4 is 5.69 Å². The molecule has 0 spiro atoms. The number of anilines is 1. The zero-order chi connectivity index (χ0) is 13.1. The largest absolute Gasteiger partial charge is 0.379 e. The minimum Gasteiger partial charge on any atom is -0.379 e. The zero-order valence-electron chi connectivity index (χ0n) is 11.6. The summed E-state index contributed by atoms with van der Waals surface area (Å²) in [6, 6.07) is 6.52. The first-order valence-electron chi connectivity index (χ1n) is 6.73. The lowest BCUT2D eigenvalue weighted by atomic mass is 9.94. The predicted molar refractivity (Wildman–Crippen MR) is 75.9 cm³/mol. The van der Waals surface area contributed by atoms with E-state index in [4.69, 9.17) is 10.5 Å². The first-order valence-corrected chi connectivity index (χ1v) is 6.73. The van der Waals surface area contributed by atoms with Crippen molar-refractivity contribution in [2.75, 3.05) is 25.1 Å². The van der Waals surface area contributed by atoms with Crippen molar-refractivity contribution in [3.8, 4) is 0 Å². The van der Waals surface area contributed by atoms with E-state index in [0.29, 0.717) is 18.6 Å². The molecule has 18 heavy (non-hydrogen) atoms. The molecule has 2 atom stereocenters. The van der Waals surface area contributed by atoms with Gasteiger partial charge in [-0.3, -0.25) is 0 Å². The second-order valence-corrected chi connectivity index (χ2v) is 5.32. The van der Waals surface area contributed by atoms with Gasteiger partial charge in [-0.05, 0) is 36.5 Å². The van der Waals surface area contributed by atoms with Crippen molar-refractivity contribution in [2.45, 2.75) is 32.9 Å². The summed E-state index contributed by atoms with van der Waals surface area (Å²) in [7, 11) is 1.81. The highest BCUT2D eigenvalue weighted by molar-refractivity contribution is 5.56. The van der Waals surface area contributed by atoms with Crippen LogP contribution in [0, 0.1) is 12.8 Å². The van der Waals surface area contributed by atoms with Crippen molar-refractivity contribution in [1.29, 1.82) is 0 Å². The fraction of sp³-hybridized carbons (Fsp3) is 0.600. The van der Waals surface area contributed by atoms with Gasteiger partial charge in [0.25, 0.3) is 0 Å². The highest BCUT2D eigenvalue weighted by Gasteiger charge is 2.26. The minimum atomic E-state index is 0.324. The smallest absolute Gasteiger partial charge is 0.0772 e. The Hall–Kier alpha value is -1.06. The summed E-state index contributed by atoms with van der Waals surface area (Å²) in [5.41, 5.74) is 9.64. The maximum atomic E-state index is 5.84. The number of nitrogens with zero attached hydrogens (tertiary/aromatic N) is 1. The third-order valence-corrected chi connectivity index (χ3v) is 3.99. The Labute approximate surface area is 110 Å². The summed E-state index contributed by atoms with van der Waals surface area (Å²) >= 11 is 0. The monoisotopic (exact) mass is 248 g/mol. The van der Waals surface area contributed by atoms with Gasteiger partial charge in [0.15, 0.2) is 0 Å². The van der Waals surface area contributed by atoms with E-state index in [1.54, 1.807) is 0 Å². The third-order valence-electron chi connectivity index (χ3n) is 3.99. The fourth-order valence-corrected chi connectivity index (χ4v) is 2.70. The number of aryl methyl sites for hydroxylation is 1. The van der Waals surface area contributed by atoms with Gasteiger partial charge in [0.2, 0.25) is 0 Å². The summed E-state index contributed by atoms with van der Waals surface area (Å²) in [5.74, 6) is 0.636. The van der Waals surface area contributed by atoms with Crippen molar-refractivity contribution in [1.82, 2.24) is 0 Å². The predicted octanol–water partition coefficient (Wildman–Crippen LogP) is 2.31. The second-order valence-electron chi connectivity index (χ2n) is 5.32. The van der Waals surface area contributed by atoms with Crippen molar-refractivity contribution in [3.63, 3.8) is 0 Å². The molecule has 2 N–H and O–H groups in total. The quantitative estimate of drug-likeness (QED) is 0.892. The van der Waals surface area contributed by atoms with E-state index in [-0.39, 0.29) is 0 Å². The molecule has 2 unspecified atom stereocenters. The molecular formula is C15H24N2O. The van der Waals surface area contributed by atoms with Gasteiger partial charge < -0.3 is 15.4 Å². The first-order chi connectivity index (χ1) is 8.65.